The van der Waals surface area contributed by atoms with E-state index in [1.54, 1.807) is 25.1 Å². The molecule has 140 valence electrons. The highest BCUT2D eigenvalue weighted by molar-refractivity contribution is 6.35. The minimum Gasteiger partial charge on any atom is -0.479 e. The quantitative estimate of drug-likeness (QED) is 0.641. The van der Waals surface area contributed by atoms with E-state index in [0.29, 0.717) is 21.5 Å². The number of hydrogen-bond acceptors (Lipinski definition) is 5. The van der Waals surface area contributed by atoms with Crippen LogP contribution in [0, 0.1) is 13.8 Å². The second-order valence-corrected chi connectivity index (χ2v) is 6.95. The van der Waals surface area contributed by atoms with Gasteiger partial charge in [-0.1, -0.05) is 40.9 Å². The molecule has 8 heteroatoms. The summed E-state index contributed by atoms with van der Waals surface area (Å²) >= 11 is 11.9. The van der Waals surface area contributed by atoms with Crippen molar-refractivity contribution in [1.82, 2.24) is 10.3 Å². The lowest BCUT2D eigenvalue weighted by molar-refractivity contribution is -0.122. The fourth-order valence-electron chi connectivity index (χ4n) is 2.47. The Balaban J connectivity index is 1.77. The highest BCUT2D eigenvalue weighted by Gasteiger charge is 2.22. The summed E-state index contributed by atoms with van der Waals surface area (Å²) in [4.78, 5) is 12.5. The van der Waals surface area contributed by atoms with E-state index in [-0.39, 0.29) is 5.82 Å². The van der Waals surface area contributed by atoms with Gasteiger partial charge in [-0.2, -0.15) is 0 Å². The largest absolute Gasteiger partial charge is 0.479 e. The van der Waals surface area contributed by atoms with Crippen LogP contribution in [0.15, 0.2) is 41.0 Å². The van der Waals surface area contributed by atoms with E-state index in [0.717, 1.165) is 16.7 Å². The Labute approximate surface area is 166 Å². The van der Waals surface area contributed by atoms with Gasteiger partial charge in [0.25, 0.3) is 5.91 Å². The molecular weight excluding hydrogens is 389 g/mol. The number of amides is 1. The summed E-state index contributed by atoms with van der Waals surface area (Å²) in [6.45, 7) is 5.52. The molecule has 1 N–H and O–H groups in total. The average Bonchev–Trinajstić information content (AvgIpc) is 3.07. The van der Waals surface area contributed by atoms with Crippen LogP contribution < -0.4 is 10.1 Å². The van der Waals surface area contributed by atoms with Gasteiger partial charge in [0.2, 0.25) is 5.82 Å². The van der Waals surface area contributed by atoms with Crippen LogP contribution in [-0.2, 0) is 4.79 Å². The van der Waals surface area contributed by atoms with Crippen LogP contribution in [0.25, 0.3) is 11.3 Å². The molecule has 0 bridgehead atoms. The van der Waals surface area contributed by atoms with E-state index in [1.165, 1.54) is 0 Å². The zero-order valence-electron chi connectivity index (χ0n) is 14.9. The third-order valence-electron chi connectivity index (χ3n) is 3.95. The van der Waals surface area contributed by atoms with E-state index in [2.05, 4.69) is 15.6 Å². The van der Waals surface area contributed by atoms with Crippen molar-refractivity contribution in [1.29, 1.82) is 0 Å². The minimum atomic E-state index is -0.827. The predicted molar refractivity (Wildman–Crippen MR) is 104 cm³/mol. The van der Waals surface area contributed by atoms with Gasteiger partial charge in [-0.25, -0.2) is 4.63 Å². The monoisotopic (exact) mass is 405 g/mol. The molecule has 3 aromatic rings. The molecule has 0 aliphatic rings. The van der Waals surface area contributed by atoms with Crippen LogP contribution in [0.3, 0.4) is 0 Å². The maximum atomic E-state index is 12.5. The predicted octanol–water partition coefficient (Wildman–Crippen LogP) is 5.07. The van der Waals surface area contributed by atoms with Gasteiger partial charge in [0, 0.05) is 10.6 Å². The summed E-state index contributed by atoms with van der Waals surface area (Å²) in [5.41, 5.74) is 3.34. The number of benzene rings is 2. The van der Waals surface area contributed by atoms with Crippen LogP contribution in [0.5, 0.6) is 5.75 Å². The van der Waals surface area contributed by atoms with Crippen molar-refractivity contribution < 1.29 is 14.2 Å². The van der Waals surface area contributed by atoms with E-state index in [1.807, 2.05) is 32.0 Å². The fraction of sp³-hybridized carbons (Fsp3) is 0.211. The SMILES string of the molecule is Cc1ccc(C)c(-c2nonc2NC(=O)C(C)Oc2ccc(Cl)cc2Cl)c1. The van der Waals surface area contributed by atoms with Crippen LogP contribution in [0.4, 0.5) is 5.82 Å². The molecule has 2 aromatic carbocycles. The first kappa shape index (κ1) is 19.2. The third-order valence-corrected chi connectivity index (χ3v) is 4.48. The Kier molecular flexibility index (Phi) is 5.68. The number of aryl methyl sites for hydroxylation is 2. The average molecular weight is 406 g/mol. The number of carbonyl (C=O) groups excluding carboxylic acids is 1. The molecule has 1 aromatic heterocycles. The van der Waals surface area contributed by atoms with Gasteiger partial charge in [0.1, 0.15) is 5.75 Å². The molecule has 0 fully saturated rings. The van der Waals surface area contributed by atoms with Gasteiger partial charge >= 0.3 is 0 Å². The van der Waals surface area contributed by atoms with Crippen LogP contribution in [0.2, 0.25) is 10.0 Å². The molecule has 0 radical (unpaired) electrons. The Morgan fingerprint density at radius 2 is 1.93 bits per heavy atom. The van der Waals surface area contributed by atoms with Crippen molar-refractivity contribution in [3.8, 4) is 17.0 Å². The summed E-state index contributed by atoms with van der Waals surface area (Å²) in [5.74, 6) is 0.173. The molecular formula is C19H17Cl2N3O3. The normalized spacial score (nSPS) is 11.9. The van der Waals surface area contributed by atoms with Crippen LogP contribution in [-0.4, -0.2) is 22.3 Å². The Hall–Kier alpha value is -2.57. The topological polar surface area (TPSA) is 77.3 Å². The highest BCUT2D eigenvalue weighted by atomic mass is 35.5. The molecule has 1 unspecified atom stereocenters. The van der Waals surface area contributed by atoms with Gasteiger partial charge in [0.15, 0.2) is 11.8 Å². The molecule has 3 rings (SSSR count). The first-order valence-corrected chi connectivity index (χ1v) is 8.93. The standard InChI is InChI=1S/C19H17Cl2N3O3/c1-10-4-5-11(2)14(8-10)17-18(24-27-23-17)22-19(25)12(3)26-16-7-6-13(20)9-15(16)21/h4-9,12H,1-3H3,(H,22,24,25). The van der Waals surface area contributed by atoms with Crippen LogP contribution >= 0.6 is 23.2 Å². The fourth-order valence-corrected chi connectivity index (χ4v) is 2.92. The van der Waals surface area contributed by atoms with E-state index in [9.17, 15) is 4.79 Å². The number of carbonyl (C=O) groups is 1. The first-order chi connectivity index (χ1) is 12.8. The second kappa shape index (κ2) is 7.98. The summed E-state index contributed by atoms with van der Waals surface area (Å²) in [7, 11) is 0. The number of aromatic nitrogens is 2. The molecule has 1 atom stereocenters. The van der Waals surface area contributed by atoms with Crippen molar-refractivity contribution in [2.24, 2.45) is 0 Å². The molecule has 0 aliphatic heterocycles. The maximum absolute atomic E-state index is 12.5. The van der Waals surface area contributed by atoms with Crippen molar-refractivity contribution >= 4 is 34.9 Å². The van der Waals surface area contributed by atoms with Crippen molar-refractivity contribution in [2.45, 2.75) is 26.9 Å². The number of nitrogens with zero attached hydrogens (tertiary/aromatic N) is 2. The highest BCUT2D eigenvalue weighted by Crippen LogP contribution is 2.30. The number of nitrogens with one attached hydrogen (secondary N) is 1. The smallest absolute Gasteiger partial charge is 0.266 e. The summed E-state index contributed by atoms with van der Waals surface area (Å²) < 4.78 is 10.5. The second-order valence-electron chi connectivity index (χ2n) is 6.10. The lowest BCUT2D eigenvalue weighted by Crippen LogP contribution is -2.30. The van der Waals surface area contributed by atoms with Gasteiger partial charge in [0.05, 0.1) is 5.02 Å². The van der Waals surface area contributed by atoms with Gasteiger partial charge in [-0.15, -0.1) is 0 Å². The minimum absolute atomic E-state index is 0.228. The number of rotatable bonds is 5. The zero-order chi connectivity index (χ0) is 19.6. The van der Waals surface area contributed by atoms with Crippen molar-refractivity contribution in [2.75, 3.05) is 5.32 Å². The lowest BCUT2D eigenvalue weighted by Gasteiger charge is -2.15. The molecule has 0 saturated carbocycles. The zero-order valence-corrected chi connectivity index (χ0v) is 16.4. The molecule has 0 saturated heterocycles. The van der Waals surface area contributed by atoms with E-state index >= 15 is 0 Å². The molecule has 1 amide bonds. The van der Waals surface area contributed by atoms with Crippen LogP contribution in [0.1, 0.15) is 18.1 Å². The first-order valence-electron chi connectivity index (χ1n) is 8.18. The molecule has 0 spiro atoms. The Morgan fingerprint density at radius 3 is 2.67 bits per heavy atom. The van der Waals surface area contributed by atoms with Crippen molar-refractivity contribution in [3.63, 3.8) is 0 Å². The lowest BCUT2D eigenvalue weighted by atomic mass is 10.0. The third kappa shape index (κ3) is 4.40. The number of ether oxygens (including phenoxy) is 1. The Morgan fingerprint density at radius 1 is 1.15 bits per heavy atom. The molecule has 1 heterocycles. The molecule has 0 aliphatic carbocycles. The number of halogens is 2. The molecule has 27 heavy (non-hydrogen) atoms. The van der Waals surface area contributed by atoms with Gasteiger partial charge in [-0.05, 0) is 60.9 Å². The van der Waals surface area contributed by atoms with E-state index < -0.39 is 12.0 Å². The van der Waals surface area contributed by atoms with E-state index in [4.69, 9.17) is 32.6 Å². The summed E-state index contributed by atoms with van der Waals surface area (Å²) in [6.07, 6.45) is -0.827. The summed E-state index contributed by atoms with van der Waals surface area (Å²) in [5, 5.41) is 11.2. The maximum Gasteiger partial charge on any atom is 0.266 e. The molecule has 6 nitrogen and oxygen atoms in total. The number of hydrogen-bond donors (Lipinski definition) is 1. The summed E-state index contributed by atoms with van der Waals surface area (Å²) in [6, 6.07) is 10.7. The van der Waals surface area contributed by atoms with Gasteiger partial charge < -0.3 is 10.1 Å². The Bertz CT molecular complexity index is 988. The van der Waals surface area contributed by atoms with Crippen molar-refractivity contribution in [3.05, 3.63) is 57.6 Å². The van der Waals surface area contributed by atoms with Gasteiger partial charge in [-0.3, -0.25) is 4.79 Å². The number of anilines is 1.